The number of hydrogen-bond acceptors (Lipinski definition) is 4. The average molecular weight is 398 g/mol. The number of amides is 1. The second kappa shape index (κ2) is 14.4. The Labute approximate surface area is 174 Å². The highest BCUT2D eigenvalue weighted by Gasteiger charge is 2.46. The van der Waals surface area contributed by atoms with Gasteiger partial charge in [-0.1, -0.05) is 34.6 Å². The summed E-state index contributed by atoms with van der Waals surface area (Å²) in [6.07, 6.45) is 6.38. The smallest absolute Gasteiger partial charge is 0.222 e. The molecule has 2 rings (SSSR count). The Balaban J connectivity index is 0.00000190. The van der Waals surface area contributed by atoms with E-state index in [0.29, 0.717) is 23.7 Å². The zero-order valence-electron chi connectivity index (χ0n) is 19.4. The van der Waals surface area contributed by atoms with Crippen LogP contribution in [0.5, 0.6) is 0 Å². The van der Waals surface area contributed by atoms with E-state index in [1.807, 2.05) is 13.8 Å². The van der Waals surface area contributed by atoms with Gasteiger partial charge >= 0.3 is 0 Å². The molecule has 0 radical (unpaired) electrons. The van der Waals surface area contributed by atoms with Crippen LogP contribution in [0.25, 0.3) is 0 Å². The summed E-state index contributed by atoms with van der Waals surface area (Å²) in [5.41, 5.74) is 0.432. The number of piperidine rings is 1. The summed E-state index contributed by atoms with van der Waals surface area (Å²) in [7, 11) is 0. The van der Waals surface area contributed by atoms with E-state index in [1.54, 1.807) is 0 Å². The molecule has 2 heterocycles. The Hall–Kier alpha value is -0.650. The second-order valence-electron chi connectivity index (χ2n) is 8.70. The minimum atomic E-state index is 0.330. The summed E-state index contributed by atoms with van der Waals surface area (Å²) in [5.74, 6) is 1.02. The van der Waals surface area contributed by atoms with Crippen molar-refractivity contribution in [2.45, 2.75) is 73.1 Å². The lowest BCUT2D eigenvalue weighted by Crippen LogP contribution is -2.61. The molecular formula is C23H47N3O2. The molecule has 0 bridgehead atoms. The van der Waals surface area contributed by atoms with E-state index >= 15 is 0 Å². The van der Waals surface area contributed by atoms with Crippen LogP contribution in [0.1, 0.15) is 73.1 Å². The number of nitrogens with zero attached hydrogens (tertiary/aromatic N) is 2. The summed E-state index contributed by atoms with van der Waals surface area (Å²) in [6.45, 7) is 19.9. The molecule has 1 amide bonds. The third kappa shape index (κ3) is 9.23. The van der Waals surface area contributed by atoms with Crippen molar-refractivity contribution in [2.75, 3.05) is 59.0 Å². The molecule has 2 fully saturated rings. The second-order valence-corrected chi connectivity index (χ2v) is 8.70. The van der Waals surface area contributed by atoms with Crippen LogP contribution in [-0.4, -0.2) is 74.7 Å². The molecule has 0 unspecified atom stereocenters. The predicted octanol–water partition coefficient (Wildman–Crippen LogP) is 3.78. The number of nitrogens with one attached hydrogen (secondary N) is 1. The third-order valence-electron chi connectivity index (χ3n) is 5.92. The van der Waals surface area contributed by atoms with Crippen molar-refractivity contribution in [3.8, 4) is 0 Å². The first-order valence-electron chi connectivity index (χ1n) is 11.8. The maximum Gasteiger partial charge on any atom is 0.222 e. The SMILES string of the molecule is CC.CCNCCCN1CCC2(CC1)CN(C(=O)CCCOCCC(C)C)C2. The molecule has 2 aliphatic rings. The van der Waals surface area contributed by atoms with Crippen molar-refractivity contribution in [1.29, 1.82) is 0 Å². The van der Waals surface area contributed by atoms with E-state index in [4.69, 9.17) is 4.74 Å². The Kier molecular flexibility index (Phi) is 13.0. The van der Waals surface area contributed by atoms with E-state index in [9.17, 15) is 4.79 Å². The molecular weight excluding hydrogens is 350 g/mol. The summed E-state index contributed by atoms with van der Waals surface area (Å²) < 4.78 is 5.61. The first-order valence-corrected chi connectivity index (χ1v) is 11.8. The lowest BCUT2D eigenvalue weighted by Gasteiger charge is -2.54. The minimum Gasteiger partial charge on any atom is -0.381 e. The summed E-state index contributed by atoms with van der Waals surface area (Å²) in [6, 6.07) is 0. The Morgan fingerprint density at radius 1 is 1.11 bits per heavy atom. The highest BCUT2D eigenvalue weighted by Crippen LogP contribution is 2.40. The monoisotopic (exact) mass is 397 g/mol. The summed E-state index contributed by atoms with van der Waals surface area (Å²) in [4.78, 5) is 17.0. The van der Waals surface area contributed by atoms with E-state index in [2.05, 4.69) is 35.9 Å². The molecule has 0 aliphatic carbocycles. The average Bonchev–Trinajstić information content (AvgIpc) is 2.68. The van der Waals surface area contributed by atoms with Crippen LogP contribution in [0.3, 0.4) is 0 Å². The fourth-order valence-corrected chi connectivity index (χ4v) is 4.02. The van der Waals surface area contributed by atoms with Gasteiger partial charge in [0.25, 0.3) is 0 Å². The third-order valence-corrected chi connectivity index (χ3v) is 5.92. The molecule has 166 valence electrons. The molecule has 1 N–H and O–H groups in total. The van der Waals surface area contributed by atoms with E-state index < -0.39 is 0 Å². The number of likely N-dealkylation sites (tertiary alicyclic amines) is 2. The van der Waals surface area contributed by atoms with Gasteiger partial charge in [-0.15, -0.1) is 0 Å². The van der Waals surface area contributed by atoms with Gasteiger partial charge in [-0.25, -0.2) is 0 Å². The molecule has 2 saturated heterocycles. The fourth-order valence-electron chi connectivity index (χ4n) is 4.02. The molecule has 0 aromatic carbocycles. The first-order chi connectivity index (χ1) is 13.5. The van der Waals surface area contributed by atoms with Crippen LogP contribution in [-0.2, 0) is 9.53 Å². The van der Waals surface area contributed by atoms with Crippen LogP contribution in [0.15, 0.2) is 0 Å². The molecule has 28 heavy (non-hydrogen) atoms. The molecule has 2 aliphatic heterocycles. The molecule has 5 heteroatoms. The number of rotatable bonds is 12. The first kappa shape index (κ1) is 25.4. The Bertz CT molecular complexity index is 399. The molecule has 0 saturated carbocycles. The number of carbonyl (C=O) groups excluding carboxylic acids is 1. The lowest BCUT2D eigenvalue weighted by atomic mass is 9.72. The molecule has 5 nitrogen and oxygen atoms in total. The Morgan fingerprint density at radius 2 is 1.79 bits per heavy atom. The van der Waals surface area contributed by atoms with Crippen molar-refractivity contribution in [3.63, 3.8) is 0 Å². The van der Waals surface area contributed by atoms with Crippen molar-refractivity contribution < 1.29 is 9.53 Å². The van der Waals surface area contributed by atoms with Gasteiger partial charge in [-0.05, 0) is 70.7 Å². The lowest BCUT2D eigenvalue weighted by molar-refractivity contribution is -0.147. The highest BCUT2D eigenvalue weighted by atomic mass is 16.5. The number of ether oxygens (including phenoxy) is 1. The number of carbonyl (C=O) groups is 1. The normalized spacial score (nSPS) is 18.7. The highest BCUT2D eigenvalue weighted by molar-refractivity contribution is 5.77. The van der Waals surface area contributed by atoms with Crippen LogP contribution >= 0.6 is 0 Å². The largest absolute Gasteiger partial charge is 0.381 e. The predicted molar refractivity (Wildman–Crippen MR) is 119 cm³/mol. The van der Waals surface area contributed by atoms with Gasteiger partial charge in [-0.3, -0.25) is 4.79 Å². The zero-order valence-corrected chi connectivity index (χ0v) is 19.4. The minimum absolute atomic E-state index is 0.330. The van der Waals surface area contributed by atoms with Gasteiger partial charge in [0.15, 0.2) is 0 Å². The van der Waals surface area contributed by atoms with Gasteiger partial charge in [0, 0.05) is 38.1 Å². The van der Waals surface area contributed by atoms with Gasteiger partial charge in [-0.2, -0.15) is 0 Å². The van der Waals surface area contributed by atoms with Crippen LogP contribution in [0.4, 0.5) is 0 Å². The fraction of sp³-hybridized carbons (Fsp3) is 0.957. The summed E-state index contributed by atoms with van der Waals surface area (Å²) >= 11 is 0. The van der Waals surface area contributed by atoms with Crippen LogP contribution in [0, 0.1) is 11.3 Å². The van der Waals surface area contributed by atoms with Gasteiger partial charge < -0.3 is 19.9 Å². The van der Waals surface area contributed by atoms with Crippen LogP contribution in [0.2, 0.25) is 0 Å². The maximum absolute atomic E-state index is 12.3. The van der Waals surface area contributed by atoms with Crippen LogP contribution < -0.4 is 5.32 Å². The zero-order chi connectivity index (χ0) is 20.8. The van der Waals surface area contributed by atoms with E-state index in [0.717, 1.165) is 52.2 Å². The molecule has 0 aromatic heterocycles. The van der Waals surface area contributed by atoms with E-state index in [1.165, 1.54) is 38.9 Å². The van der Waals surface area contributed by atoms with Crippen molar-refractivity contribution in [1.82, 2.24) is 15.1 Å². The molecule has 0 atom stereocenters. The summed E-state index contributed by atoms with van der Waals surface area (Å²) in [5, 5.41) is 3.40. The Morgan fingerprint density at radius 3 is 2.39 bits per heavy atom. The van der Waals surface area contributed by atoms with Gasteiger partial charge in [0.1, 0.15) is 0 Å². The molecule has 0 aromatic rings. The van der Waals surface area contributed by atoms with Crippen molar-refractivity contribution >= 4 is 5.91 Å². The molecule has 1 spiro atoms. The van der Waals surface area contributed by atoms with E-state index in [-0.39, 0.29) is 0 Å². The topological polar surface area (TPSA) is 44.8 Å². The number of hydrogen-bond donors (Lipinski definition) is 1. The quantitative estimate of drug-likeness (QED) is 0.509. The van der Waals surface area contributed by atoms with Gasteiger partial charge in [0.2, 0.25) is 5.91 Å². The maximum atomic E-state index is 12.3. The van der Waals surface area contributed by atoms with Crippen molar-refractivity contribution in [3.05, 3.63) is 0 Å². The standard InChI is InChI=1S/C21H41N3O2.C2H6/c1-4-22-11-6-12-23-13-9-21(10-14-23)17-24(18-21)20(25)7-5-15-26-16-8-19(2)3;1-2/h19,22H,4-18H2,1-3H3;1-2H3. The van der Waals surface area contributed by atoms with Crippen molar-refractivity contribution in [2.24, 2.45) is 11.3 Å². The van der Waals surface area contributed by atoms with Gasteiger partial charge in [0.05, 0.1) is 0 Å².